The average Bonchev–Trinajstić information content (AvgIpc) is 2.53. The summed E-state index contributed by atoms with van der Waals surface area (Å²) in [5.41, 5.74) is 0.325. The van der Waals surface area contributed by atoms with Gasteiger partial charge >= 0.3 is 11.7 Å². The van der Waals surface area contributed by atoms with E-state index < -0.39 is 22.4 Å². The lowest BCUT2D eigenvalue weighted by atomic mass is 10.2. The Bertz CT molecular complexity index is 741. The number of hydrogen-bond donors (Lipinski definition) is 0. The molecular weight excluding hydrogens is 302 g/mol. The van der Waals surface area contributed by atoms with Crippen LogP contribution in [-0.4, -0.2) is 16.7 Å². The van der Waals surface area contributed by atoms with E-state index in [4.69, 9.17) is 9.47 Å². The second-order valence-corrected chi connectivity index (χ2v) is 4.58. The van der Waals surface area contributed by atoms with E-state index in [1.165, 1.54) is 18.2 Å². The SMILES string of the molecule is CC(=O)C(=O)Oc1cccc(OCc2ccccc2)c1[N+](=O)[O-]. The van der Waals surface area contributed by atoms with E-state index in [-0.39, 0.29) is 18.1 Å². The maximum Gasteiger partial charge on any atom is 0.379 e. The summed E-state index contributed by atoms with van der Waals surface area (Å²) in [7, 11) is 0. The van der Waals surface area contributed by atoms with Gasteiger partial charge in [0, 0.05) is 6.92 Å². The Hall–Kier alpha value is -3.22. The smallest absolute Gasteiger partial charge is 0.379 e. The summed E-state index contributed by atoms with van der Waals surface area (Å²) in [6.07, 6.45) is 0. The molecule has 0 fully saturated rings. The van der Waals surface area contributed by atoms with Gasteiger partial charge in [0.05, 0.1) is 4.92 Å². The lowest BCUT2D eigenvalue weighted by Gasteiger charge is -2.09. The first kappa shape index (κ1) is 16.2. The molecule has 0 aromatic heterocycles. The highest BCUT2D eigenvalue weighted by atomic mass is 16.6. The van der Waals surface area contributed by atoms with Gasteiger partial charge in [0.15, 0.2) is 0 Å². The lowest BCUT2D eigenvalue weighted by molar-refractivity contribution is -0.386. The first-order valence-electron chi connectivity index (χ1n) is 6.66. The van der Waals surface area contributed by atoms with E-state index in [0.29, 0.717) is 0 Å². The lowest BCUT2D eigenvalue weighted by Crippen LogP contribution is -2.17. The van der Waals surface area contributed by atoms with Gasteiger partial charge in [-0.15, -0.1) is 0 Å². The maximum atomic E-state index is 11.3. The Labute approximate surface area is 131 Å². The van der Waals surface area contributed by atoms with Crippen molar-refractivity contribution in [2.45, 2.75) is 13.5 Å². The van der Waals surface area contributed by atoms with E-state index in [1.807, 2.05) is 30.3 Å². The van der Waals surface area contributed by atoms with E-state index in [0.717, 1.165) is 12.5 Å². The topological polar surface area (TPSA) is 95.7 Å². The average molecular weight is 315 g/mol. The molecule has 0 aliphatic carbocycles. The minimum Gasteiger partial charge on any atom is -0.482 e. The van der Waals surface area contributed by atoms with E-state index in [9.17, 15) is 19.7 Å². The van der Waals surface area contributed by atoms with Crippen molar-refractivity contribution in [3.63, 3.8) is 0 Å². The van der Waals surface area contributed by atoms with Gasteiger partial charge in [0.25, 0.3) is 0 Å². The summed E-state index contributed by atoms with van der Waals surface area (Å²) in [4.78, 5) is 32.8. The van der Waals surface area contributed by atoms with Crippen LogP contribution >= 0.6 is 0 Å². The van der Waals surface area contributed by atoms with Crippen molar-refractivity contribution in [1.29, 1.82) is 0 Å². The van der Waals surface area contributed by atoms with Gasteiger partial charge in [0.2, 0.25) is 17.3 Å². The Balaban J connectivity index is 2.27. The minimum atomic E-state index is -1.17. The van der Waals surface area contributed by atoms with Crippen LogP contribution in [0, 0.1) is 10.1 Å². The van der Waals surface area contributed by atoms with Gasteiger partial charge in [0.1, 0.15) is 6.61 Å². The fourth-order valence-electron chi connectivity index (χ4n) is 1.79. The van der Waals surface area contributed by atoms with Crippen LogP contribution in [0.1, 0.15) is 12.5 Å². The molecule has 0 spiro atoms. The summed E-state index contributed by atoms with van der Waals surface area (Å²) < 4.78 is 10.2. The number of ketones is 1. The third-order valence-corrected chi connectivity index (χ3v) is 2.87. The molecule has 0 N–H and O–H groups in total. The summed E-state index contributed by atoms with van der Waals surface area (Å²) >= 11 is 0. The first-order valence-corrected chi connectivity index (χ1v) is 6.66. The summed E-state index contributed by atoms with van der Waals surface area (Å²) in [5, 5.41) is 11.3. The summed E-state index contributed by atoms with van der Waals surface area (Å²) in [5.74, 6) is -2.41. The van der Waals surface area contributed by atoms with Crippen LogP contribution < -0.4 is 9.47 Å². The quantitative estimate of drug-likeness (QED) is 0.267. The fourth-order valence-corrected chi connectivity index (χ4v) is 1.79. The van der Waals surface area contributed by atoms with Crippen LogP contribution in [0.3, 0.4) is 0 Å². The van der Waals surface area contributed by atoms with Crippen molar-refractivity contribution >= 4 is 17.4 Å². The molecule has 0 amide bonds. The number of nitrogens with zero attached hydrogens (tertiary/aromatic N) is 1. The van der Waals surface area contributed by atoms with Crippen LogP contribution in [0.15, 0.2) is 48.5 Å². The molecule has 0 aliphatic heterocycles. The Kier molecular flexibility index (Phi) is 5.03. The van der Waals surface area contributed by atoms with Gasteiger partial charge in [-0.3, -0.25) is 14.9 Å². The molecule has 0 radical (unpaired) electrons. The second-order valence-electron chi connectivity index (χ2n) is 4.58. The third-order valence-electron chi connectivity index (χ3n) is 2.87. The van der Waals surface area contributed by atoms with Crippen molar-refractivity contribution in [3.8, 4) is 11.5 Å². The van der Waals surface area contributed by atoms with E-state index in [1.54, 1.807) is 0 Å². The van der Waals surface area contributed by atoms with E-state index in [2.05, 4.69) is 0 Å². The number of para-hydroxylation sites is 1. The first-order chi connectivity index (χ1) is 11.0. The van der Waals surface area contributed by atoms with Crippen LogP contribution in [0.25, 0.3) is 0 Å². The Morgan fingerprint density at radius 3 is 2.30 bits per heavy atom. The van der Waals surface area contributed by atoms with E-state index >= 15 is 0 Å². The number of rotatable bonds is 6. The van der Waals surface area contributed by atoms with Gasteiger partial charge < -0.3 is 9.47 Å². The molecule has 0 saturated heterocycles. The number of benzene rings is 2. The molecule has 0 saturated carbocycles. The maximum absolute atomic E-state index is 11.3. The third kappa shape index (κ3) is 4.13. The number of Topliss-reactive ketones (excluding diaryl/α,β-unsaturated/α-hetero) is 1. The van der Waals surface area contributed by atoms with Crippen molar-refractivity contribution in [2.75, 3.05) is 0 Å². The molecule has 7 heteroatoms. The summed E-state index contributed by atoms with van der Waals surface area (Å²) in [6.45, 7) is 1.13. The number of nitro groups is 1. The predicted molar refractivity (Wildman–Crippen MR) is 80.2 cm³/mol. The molecule has 7 nitrogen and oxygen atoms in total. The Morgan fingerprint density at radius 1 is 1.04 bits per heavy atom. The molecule has 118 valence electrons. The zero-order chi connectivity index (χ0) is 16.8. The molecular formula is C16H13NO6. The monoisotopic (exact) mass is 315 g/mol. The molecule has 2 aromatic carbocycles. The van der Waals surface area contributed by atoms with Crippen LogP contribution in [-0.2, 0) is 16.2 Å². The second kappa shape index (κ2) is 7.17. The predicted octanol–water partition coefficient (Wildman–Crippen LogP) is 2.67. The molecule has 23 heavy (non-hydrogen) atoms. The number of esters is 1. The van der Waals surface area contributed by atoms with Crippen LogP contribution in [0.5, 0.6) is 11.5 Å². The molecule has 0 heterocycles. The van der Waals surface area contributed by atoms with Crippen molar-refractivity contribution in [1.82, 2.24) is 0 Å². The highest BCUT2D eigenvalue weighted by molar-refractivity contribution is 6.33. The fraction of sp³-hybridized carbons (Fsp3) is 0.125. The standard InChI is InChI=1S/C16H13NO6/c1-11(18)16(19)23-14-9-5-8-13(15(14)17(20)21)22-10-12-6-3-2-4-7-12/h2-9H,10H2,1H3. The van der Waals surface area contributed by atoms with Gasteiger partial charge in [-0.1, -0.05) is 36.4 Å². The van der Waals surface area contributed by atoms with Gasteiger partial charge in [-0.2, -0.15) is 0 Å². The molecule has 0 atom stereocenters. The minimum absolute atomic E-state index is 0.0484. The largest absolute Gasteiger partial charge is 0.482 e. The zero-order valence-corrected chi connectivity index (χ0v) is 12.2. The van der Waals surface area contributed by atoms with Crippen LogP contribution in [0.2, 0.25) is 0 Å². The van der Waals surface area contributed by atoms with Gasteiger partial charge in [-0.05, 0) is 17.7 Å². The van der Waals surface area contributed by atoms with Crippen molar-refractivity contribution in [3.05, 3.63) is 64.2 Å². The highest BCUT2D eigenvalue weighted by Crippen LogP contribution is 2.37. The molecule has 2 aromatic rings. The zero-order valence-electron chi connectivity index (χ0n) is 12.2. The van der Waals surface area contributed by atoms with Crippen molar-refractivity contribution in [2.24, 2.45) is 0 Å². The number of carbonyl (C=O) groups excluding carboxylic acids is 2. The molecule has 0 bridgehead atoms. The number of ether oxygens (including phenoxy) is 2. The number of nitro benzene ring substituents is 1. The molecule has 0 aliphatic rings. The van der Waals surface area contributed by atoms with Crippen LogP contribution in [0.4, 0.5) is 5.69 Å². The normalized spacial score (nSPS) is 9.96. The number of carbonyl (C=O) groups is 2. The Morgan fingerprint density at radius 2 is 1.70 bits per heavy atom. The molecule has 0 unspecified atom stereocenters. The highest BCUT2D eigenvalue weighted by Gasteiger charge is 2.25. The summed E-state index contributed by atoms with van der Waals surface area (Å²) in [6, 6.07) is 13.2. The van der Waals surface area contributed by atoms with Crippen molar-refractivity contribution < 1.29 is 24.0 Å². The number of hydrogen-bond acceptors (Lipinski definition) is 6. The molecule has 2 rings (SSSR count). The van der Waals surface area contributed by atoms with Gasteiger partial charge in [-0.25, -0.2) is 4.79 Å².